The molecular weight excluding hydrogens is 416 g/mol. The Labute approximate surface area is 184 Å². The first kappa shape index (κ1) is 22.2. The number of nitrogens with one attached hydrogen (secondary N) is 2. The first-order valence-corrected chi connectivity index (χ1v) is 10.4. The molecular formula is C22H24N4O4S. The highest BCUT2D eigenvalue weighted by atomic mass is 32.1. The first-order chi connectivity index (χ1) is 14.5. The molecule has 3 rings (SSSR count). The number of amides is 2. The van der Waals surface area contributed by atoms with Gasteiger partial charge in [-0.2, -0.15) is 10.1 Å². The third-order valence-corrected chi connectivity index (χ3v) is 5.85. The van der Waals surface area contributed by atoms with E-state index in [9.17, 15) is 14.4 Å². The van der Waals surface area contributed by atoms with Crippen molar-refractivity contribution in [3.63, 3.8) is 0 Å². The second-order valence-electron chi connectivity index (χ2n) is 8.15. The summed E-state index contributed by atoms with van der Waals surface area (Å²) in [7, 11) is 0. The molecule has 8 nitrogen and oxygen atoms in total. The van der Waals surface area contributed by atoms with Gasteiger partial charge in [0.1, 0.15) is 4.88 Å². The zero-order valence-corrected chi connectivity index (χ0v) is 18.8. The fourth-order valence-corrected chi connectivity index (χ4v) is 3.81. The molecule has 1 aromatic carbocycles. The largest absolute Gasteiger partial charge is 0.477 e. The van der Waals surface area contributed by atoms with Crippen molar-refractivity contribution >= 4 is 40.5 Å². The van der Waals surface area contributed by atoms with E-state index in [2.05, 4.69) is 36.7 Å². The lowest BCUT2D eigenvalue weighted by molar-refractivity contribution is -0.114. The van der Waals surface area contributed by atoms with Gasteiger partial charge in [0.15, 0.2) is 0 Å². The number of hydrazine groups is 1. The number of carbonyl (C=O) groups is 3. The molecule has 2 amide bonds. The molecule has 1 aliphatic rings. The number of benzene rings is 1. The second-order valence-corrected chi connectivity index (χ2v) is 9.23. The second kappa shape index (κ2) is 8.35. The predicted octanol–water partition coefficient (Wildman–Crippen LogP) is 3.67. The number of anilines is 1. The average Bonchev–Trinajstić information content (AvgIpc) is 3.30. The van der Waals surface area contributed by atoms with E-state index >= 15 is 0 Å². The van der Waals surface area contributed by atoms with Crippen molar-refractivity contribution in [2.45, 2.75) is 40.0 Å². The van der Waals surface area contributed by atoms with Crippen LogP contribution in [-0.2, 0) is 10.2 Å². The van der Waals surface area contributed by atoms with Gasteiger partial charge in [-0.3, -0.25) is 15.0 Å². The normalized spacial score (nSPS) is 15.6. The Morgan fingerprint density at radius 1 is 1.03 bits per heavy atom. The molecule has 9 heteroatoms. The zero-order valence-electron chi connectivity index (χ0n) is 17.9. The Bertz CT molecular complexity index is 1110. The van der Waals surface area contributed by atoms with Gasteiger partial charge < -0.3 is 10.5 Å². The van der Waals surface area contributed by atoms with Crippen molar-refractivity contribution in [3.05, 3.63) is 63.0 Å². The van der Waals surface area contributed by atoms with Crippen LogP contribution in [0.4, 0.5) is 5.69 Å². The summed E-state index contributed by atoms with van der Waals surface area (Å²) in [6.45, 7) is 9.74. The summed E-state index contributed by atoms with van der Waals surface area (Å²) in [5.74, 6) is -1.88. The lowest BCUT2D eigenvalue weighted by Crippen LogP contribution is -2.37. The molecule has 1 aromatic heterocycles. The number of thiophene rings is 1. The number of carboxylic acid groups (broad SMARTS) is 1. The first-order valence-electron chi connectivity index (χ1n) is 9.60. The van der Waals surface area contributed by atoms with Crippen molar-refractivity contribution in [3.8, 4) is 0 Å². The van der Waals surface area contributed by atoms with E-state index in [0.717, 1.165) is 16.9 Å². The molecule has 31 heavy (non-hydrogen) atoms. The fraction of sp³-hybridized carbons (Fsp3) is 0.273. The molecule has 0 atom stereocenters. The minimum absolute atomic E-state index is 0.00427. The molecule has 3 N–H and O–H groups in total. The van der Waals surface area contributed by atoms with Gasteiger partial charge in [0, 0.05) is 5.70 Å². The van der Waals surface area contributed by atoms with E-state index < -0.39 is 11.9 Å². The monoisotopic (exact) mass is 440 g/mol. The SMILES string of the molecule is CC1=NN(c2ccc(C(C)(C)C)cc2)C(=O)/C1=C(/C)NNC(=O)c1ccc(C(=O)O)s1. The molecule has 0 aliphatic carbocycles. The van der Waals surface area contributed by atoms with Gasteiger partial charge in [-0.15, -0.1) is 11.3 Å². The van der Waals surface area contributed by atoms with Crippen molar-refractivity contribution < 1.29 is 19.5 Å². The smallest absolute Gasteiger partial charge is 0.345 e. The van der Waals surface area contributed by atoms with Gasteiger partial charge in [-0.1, -0.05) is 32.9 Å². The van der Waals surface area contributed by atoms with E-state index in [-0.39, 0.29) is 21.1 Å². The summed E-state index contributed by atoms with van der Waals surface area (Å²) in [6, 6.07) is 10.5. The van der Waals surface area contributed by atoms with Crippen molar-refractivity contribution in [2.24, 2.45) is 5.10 Å². The molecule has 0 radical (unpaired) electrons. The maximum atomic E-state index is 13.0. The van der Waals surface area contributed by atoms with Crippen LogP contribution >= 0.6 is 11.3 Å². The van der Waals surface area contributed by atoms with Gasteiger partial charge in [0.05, 0.1) is 21.8 Å². The van der Waals surface area contributed by atoms with Crippen molar-refractivity contribution in [1.29, 1.82) is 0 Å². The Kier molecular flexibility index (Phi) is 5.99. The topological polar surface area (TPSA) is 111 Å². The van der Waals surface area contributed by atoms with E-state index in [1.807, 2.05) is 24.3 Å². The van der Waals surface area contributed by atoms with E-state index in [0.29, 0.717) is 22.7 Å². The Hall–Kier alpha value is -3.46. The summed E-state index contributed by atoms with van der Waals surface area (Å²) in [4.78, 5) is 36.5. The standard InChI is InChI=1S/C22H24N4O4S/c1-12(23-24-19(27)16-10-11-17(31-16)21(29)30)18-13(2)25-26(20(18)28)15-8-6-14(7-9-15)22(3,4)5/h6-11,23H,1-5H3,(H,24,27)(H,29,30)/b18-12-. The fourth-order valence-electron chi connectivity index (χ4n) is 3.06. The summed E-state index contributed by atoms with van der Waals surface area (Å²) in [5.41, 5.74) is 8.35. The molecule has 0 spiro atoms. The maximum absolute atomic E-state index is 13.0. The quantitative estimate of drug-likeness (QED) is 0.485. The molecule has 0 saturated carbocycles. The van der Waals surface area contributed by atoms with Crippen LogP contribution in [0.2, 0.25) is 0 Å². The lowest BCUT2D eigenvalue weighted by Gasteiger charge is -2.20. The number of carboxylic acids is 1. The van der Waals surface area contributed by atoms with Gasteiger partial charge in [-0.05, 0) is 49.1 Å². The summed E-state index contributed by atoms with van der Waals surface area (Å²) < 4.78 is 0. The molecule has 1 aliphatic heterocycles. The van der Waals surface area contributed by atoms with Gasteiger partial charge in [-0.25, -0.2) is 4.79 Å². The zero-order chi connectivity index (χ0) is 22.9. The van der Waals surface area contributed by atoms with E-state index in [4.69, 9.17) is 5.11 Å². The minimum Gasteiger partial charge on any atom is -0.477 e. The summed E-state index contributed by atoms with van der Waals surface area (Å²) in [6.07, 6.45) is 0. The number of hydrogen-bond acceptors (Lipinski definition) is 6. The number of hydrazone groups is 1. The number of aromatic carboxylic acids is 1. The van der Waals surface area contributed by atoms with E-state index in [1.165, 1.54) is 17.1 Å². The van der Waals surface area contributed by atoms with Crippen molar-refractivity contribution in [1.82, 2.24) is 10.9 Å². The third kappa shape index (κ3) is 4.66. The van der Waals surface area contributed by atoms with Crippen LogP contribution in [0.1, 0.15) is 59.5 Å². The average molecular weight is 441 g/mol. The summed E-state index contributed by atoms with van der Waals surface area (Å²) >= 11 is 0.868. The molecule has 2 aromatic rings. The molecule has 0 bridgehead atoms. The van der Waals surface area contributed by atoms with Crippen LogP contribution < -0.4 is 15.9 Å². The van der Waals surface area contributed by atoms with E-state index in [1.54, 1.807) is 13.8 Å². The van der Waals surface area contributed by atoms with Crippen LogP contribution in [-0.4, -0.2) is 28.6 Å². The highest BCUT2D eigenvalue weighted by Gasteiger charge is 2.31. The van der Waals surface area contributed by atoms with Crippen LogP contribution in [0, 0.1) is 0 Å². The number of nitrogens with zero attached hydrogens (tertiary/aromatic N) is 2. The Balaban J connectivity index is 1.73. The van der Waals surface area contributed by atoms with Crippen LogP contribution in [0.5, 0.6) is 0 Å². The Morgan fingerprint density at radius 2 is 1.65 bits per heavy atom. The third-order valence-electron chi connectivity index (χ3n) is 4.78. The van der Waals surface area contributed by atoms with Crippen LogP contribution in [0.3, 0.4) is 0 Å². The number of allylic oxidation sites excluding steroid dienone is 1. The minimum atomic E-state index is -1.09. The highest BCUT2D eigenvalue weighted by molar-refractivity contribution is 7.15. The lowest BCUT2D eigenvalue weighted by atomic mass is 9.87. The predicted molar refractivity (Wildman–Crippen MR) is 120 cm³/mol. The molecule has 0 saturated heterocycles. The van der Waals surface area contributed by atoms with Gasteiger partial charge >= 0.3 is 5.97 Å². The van der Waals surface area contributed by atoms with Crippen molar-refractivity contribution in [2.75, 3.05) is 5.01 Å². The highest BCUT2D eigenvalue weighted by Crippen LogP contribution is 2.28. The number of carbonyl (C=O) groups excluding carboxylic acids is 2. The molecule has 2 heterocycles. The van der Waals surface area contributed by atoms with Crippen LogP contribution in [0.15, 0.2) is 52.8 Å². The number of hydrogen-bond donors (Lipinski definition) is 3. The molecule has 0 unspecified atom stereocenters. The Morgan fingerprint density at radius 3 is 2.19 bits per heavy atom. The molecule has 0 fully saturated rings. The van der Waals surface area contributed by atoms with Crippen LogP contribution in [0.25, 0.3) is 0 Å². The van der Waals surface area contributed by atoms with Gasteiger partial charge in [0.25, 0.3) is 11.8 Å². The van der Waals surface area contributed by atoms with Gasteiger partial charge in [0.2, 0.25) is 0 Å². The summed E-state index contributed by atoms with van der Waals surface area (Å²) in [5, 5.41) is 14.7. The molecule has 162 valence electrons. The number of rotatable bonds is 5. The maximum Gasteiger partial charge on any atom is 0.345 e.